The zero-order chi connectivity index (χ0) is 20.4. The second kappa shape index (κ2) is 7.83. The summed E-state index contributed by atoms with van der Waals surface area (Å²) in [5.41, 5.74) is 1.88. The van der Waals surface area contributed by atoms with Crippen LogP contribution in [0, 0.1) is 0 Å². The lowest BCUT2D eigenvalue weighted by Crippen LogP contribution is -2.42. The Kier molecular flexibility index (Phi) is 5.07. The first-order valence-corrected chi connectivity index (χ1v) is 8.88. The number of rotatable bonds is 6. The minimum Gasteiger partial charge on any atom is -0.493 e. The quantitative estimate of drug-likeness (QED) is 0.652. The van der Waals surface area contributed by atoms with E-state index in [2.05, 4.69) is 10.1 Å². The highest BCUT2D eigenvalue weighted by atomic mass is 19.3. The number of halogens is 2. The molecule has 1 atom stereocenters. The number of nitrogens with zero attached hydrogens (tertiary/aromatic N) is 1. The maximum Gasteiger partial charge on any atom is 0.387 e. The molecule has 2 heterocycles. The summed E-state index contributed by atoms with van der Waals surface area (Å²) < 4.78 is 40.4. The van der Waals surface area contributed by atoms with Crippen molar-refractivity contribution in [1.82, 2.24) is 4.90 Å². The summed E-state index contributed by atoms with van der Waals surface area (Å²) in [5, 5.41) is 3.34. The molecule has 2 aromatic carbocycles. The molecule has 1 aliphatic heterocycles. The van der Waals surface area contributed by atoms with Crippen molar-refractivity contribution in [3.8, 4) is 11.5 Å². The van der Waals surface area contributed by atoms with Crippen molar-refractivity contribution in [3.63, 3.8) is 0 Å². The van der Waals surface area contributed by atoms with E-state index in [-0.39, 0.29) is 24.0 Å². The Bertz CT molecular complexity index is 1010. The van der Waals surface area contributed by atoms with E-state index in [0.29, 0.717) is 22.6 Å². The van der Waals surface area contributed by atoms with Crippen LogP contribution in [0.1, 0.15) is 27.8 Å². The highest BCUT2D eigenvalue weighted by Gasteiger charge is 2.34. The van der Waals surface area contributed by atoms with Gasteiger partial charge in [0.1, 0.15) is 11.9 Å². The molecule has 0 spiro atoms. The van der Waals surface area contributed by atoms with Gasteiger partial charge in [-0.2, -0.15) is 8.78 Å². The van der Waals surface area contributed by atoms with Crippen LogP contribution < -0.4 is 14.8 Å². The van der Waals surface area contributed by atoms with Gasteiger partial charge in [-0.15, -0.1) is 0 Å². The van der Waals surface area contributed by atoms with Crippen molar-refractivity contribution in [2.45, 2.75) is 19.3 Å². The molecule has 0 saturated heterocycles. The second-order valence-corrected chi connectivity index (χ2v) is 6.39. The SMILES string of the molecule is COc1cc([C@@H]2Nc3ccccc3C(=O)N2Cc2ccco2)ccc1OC(F)F. The predicted molar refractivity (Wildman–Crippen MR) is 101 cm³/mol. The van der Waals surface area contributed by atoms with Crippen LogP contribution in [0.2, 0.25) is 0 Å². The van der Waals surface area contributed by atoms with Crippen molar-refractivity contribution in [1.29, 1.82) is 0 Å². The maximum atomic E-state index is 13.2. The van der Waals surface area contributed by atoms with E-state index in [4.69, 9.17) is 9.15 Å². The number of para-hydroxylation sites is 1. The molecular formula is C21H18F2N2O4. The molecule has 150 valence electrons. The van der Waals surface area contributed by atoms with E-state index in [1.165, 1.54) is 13.2 Å². The van der Waals surface area contributed by atoms with Crippen LogP contribution in [0.5, 0.6) is 11.5 Å². The number of hydrogen-bond acceptors (Lipinski definition) is 5. The van der Waals surface area contributed by atoms with Gasteiger partial charge in [0.15, 0.2) is 11.5 Å². The van der Waals surface area contributed by atoms with Gasteiger partial charge in [0.25, 0.3) is 5.91 Å². The Hall–Kier alpha value is -3.55. The van der Waals surface area contributed by atoms with Gasteiger partial charge in [-0.1, -0.05) is 18.2 Å². The Balaban J connectivity index is 1.74. The molecule has 0 bridgehead atoms. The number of carbonyl (C=O) groups is 1. The Labute approximate surface area is 165 Å². The monoisotopic (exact) mass is 400 g/mol. The lowest BCUT2D eigenvalue weighted by molar-refractivity contribution is -0.0512. The molecule has 6 nitrogen and oxygen atoms in total. The van der Waals surface area contributed by atoms with E-state index in [9.17, 15) is 13.6 Å². The third-order valence-corrected chi connectivity index (χ3v) is 4.65. The van der Waals surface area contributed by atoms with Gasteiger partial charge in [-0.05, 0) is 42.0 Å². The molecule has 1 N–H and O–H groups in total. The number of nitrogens with one attached hydrogen (secondary N) is 1. The van der Waals surface area contributed by atoms with E-state index in [1.54, 1.807) is 47.6 Å². The van der Waals surface area contributed by atoms with Crippen LogP contribution in [0.4, 0.5) is 14.5 Å². The molecule has 0 radical (unpaired) electrons. The highest BCUT2D eigenvalue weighted by Crippen LogP contribution is 2.38. The number of methoxy groups -OCH3 is 1. The van der Waals surface area contributed by atoms with Gasteiger partial charge in [0.05, 0.1) is 25.5 Å². The van der Waals surface area contributed by atoms with Gasteiger partial charge < -0.3 is 24.1 Å². The highest BCUT2D eigenvalue weighted by molar-refractivity contribution is 6.01. The number of hydrogen-bond donors (Lipinski definition) is 1. The average molecular weight is 400 g/mol. The Morgan fingerprint density at radius 3 is 2.69 bits per heavy atom. The third-order valence-electron chi connectivity index (χ3n) is 4.65. The first-order chi connectivity index (χ1) is 14.1. The summed E-state index contributed by atoms with van der Waals surface area (Å²) in [4.78, 5) is 14.8. The van der Waals surface area contributed by atoms with Gasteiger partial charge in [0, 0.05) is 5.69 Å². The first-order valence-electron chi connectivity index (χ1n) is 8.88. The van der Waals surface area contributed by atoms with Crippen molar-refractivity contribution in [2.24, 2.45) is 0 Å². The molecule has 8 heteroatoms. The number of benzene rings is 2. The average Bonchev–Trinajstić information content (AvgIpc) is 3.23. The minimum atomic E-state index is -2.97. The lowest BCUT2D eigenvalue weighted by atomic mass is 10.0. The lowest BCUT2D eigenvalue weighted by Gasteiger charge is -2.37. The molecule has 0 saturated carbocycles. The molecule has 0 aliphatic carbocycles. The molecule has 1 amide bonds. The largest absolute Gasteiger partial charge is 0.493 e. The van der Waals surface area contributed by atoms with Crippen LogP contribution in [-0.2, 0) is 6.54 Å². The van der Waals surface area contributed by atoms with Crippen LogP contribution in [-0.4, -0.2) is 24.5 Å². The van der Waals surface area contributed by atoms with Crippen LogP contribution in [0.3, 0.4) is 0 Å². The standard InChI is InChI=1S/C21H18F2N2O4/c1-27-18-11-13(8-9-17(18)29-21(22)23)19-24-16-7-3-2-6-15(16)20(26)25(19)12-14-5-4-10-28-14/h2-11,19,21,24H,12H2,1H3/t19-/m1/s1. The van der Waals surface area contributed by atoms with Crippen molar-refractivity contribution >= 4 is 11.6 Å². The summed E-state index contributed by atoms with van der Waals surface area (Å²) in [6.45, 7) is -2.73. The van der Waals surface area contributed by atoms with Gasteiger partial charge >= 0.3 is 6.61 Å². The van der Waals surface area contributed by atoms with Gasteiger partial charge in [0.2, 0.25) is 0 Å². The van der Waals surface area contributed by atoms with Crippen molar-refractivity contribution in [2.75, 3.05) is 12.4 Å². The van der Waals surface area contributed by atoms with E-state index in [0.717, 1.165) is 0 Å². The van der Waals surface area contributed by atoms with Gasteiger partial charge in [-0.25, -0.2) is 0 Å². The minimum absolute atomic E-state index is 0.0774. The Morgan fingerprint density at radius 1 is 1.14 bits per heavy atom. The number of fused-ring (bicyclic) bond motifs is 1. The molecule has 1 aliphatic rings. The molecule has 4 rings (SSSR count). The molecule has 0 fully saturated rings. The number of amides is 1. The topological polar surface area (TPSA) is 63.9 Å². The van der Waals surface area contributed by atoms with Crippen LogP contribution in [0.25, 0.3) is 0 Å². The number of ether oxygens (including phenoxy) is 2. The number of carbonyl (C=O) groups excluding carboxylic acids is 1. The maximum absolute atomic E-state index is 13.2. The summed E-state index contributed by atoms with van der Waals surface area (Å²) in [7, 11) is 1.37. The zero-order valence-electron chi connectivity index (χ0n) is 15.5. The Morgan fingerprint density at radius 2 is 1.97 bits per heavy atom. The van der Waals surface area contributed by atoms with Gasteiger partial charge in [-0.3, -0.25) is 4.79 Å². The first kappa shape index (κ1) is 18.8. The van der Waals surface area contributed by atoms with E-state index in [1.807, 2.05) is 12.1 Å². The smallest absolute Gasteiger partial charge is 0.387 e. The molecule has 29 heavy (non-hydrogen) atoms. The summed E-state index contributed by atoms with van der Waals surface area (Å²) in [6.07, 6.45) is 0.983. The molecular weight excluding hydrogens is 382 g/mol. The summed E-state index contributed by atoms with van der Waals surface area (Å²) in [5.74, 6) is 0.516. The predicted octanol–water partition coefficient (Wildman–Crippen LogP) is 4.66. The number of alkyl halides is 2. The molecule has 1 aromatic heterocycles. The zero-order valence-corrected chi connectivity index (χ0v) is 15.5. The second-order valence-electron chi connectivity index (χ2n) is 6.39. The number of anilines is 1. The fraction of sp³-hybridized carbons (Fsp3) is 0.190. The van der Waals surface area contributed by atoms with Crippen LogP contribution in [0.15, 0.2) is 65.3 Å². The van der Waals surface area contributed by atoms with E-state index >= 15 is 0 Å². The third kappa shape index (κ3) is 3.73. The fourth-order valence-corrected chi connectivity index (χ4v) is 3.34. The van der Waals surface area contributed by atoms with Crippen molar-refractivity contribution in [3.05, 3.63) is 77.7 Å². The molecule has 3 aromatic rings. The van der Waals surface area contributed by atoms with Crippen molar-refractivity contribution < 1.29 is 27.5 Å². The normalized spacial score (nSPS) is 15.8. The van der Waals surface area contributed by atoms with E-state index < -0.39 is 12.8 Å². The fourth-order valence-electron chi connectivity index (χ4n) is 3.34. The van der Waals surface area contributed by atoms with Crippen LogP contribution >= 0.6 is 0 Å². The summed E-state index contributed by atoms with van der Waals surface area (Å²) in [6, 6.07) is 15.3. The molecule has 0 unspecified atom stereocenters. The number of furan rings is 1. The summed E-state index contributed by atoms with van der Waals surface area (Å²) >= 11 is 0.